The Kier molecular flexibility index (Phi) is 6.86. The number of carbonyl (C=O) groups is 2. The number of aryl methyl sites for hydroxylation is 2. The van der Waals surface area contributed by atoms with Crippen molar-refractivity contribution in [3.8, 4) is 17.0 Å². The Morgan fingerprint density at radius 2 is 1.89 bits per heavy atom. The fourth-order valence-electron chi connectivity index (χ4n) is 3.87. The SMILES string of the molecule is CCOc1ccc(NC(=O)CNC(=O)c2cc(-c3cc(C)oc3C)nc3c2cnn3C(C)C)cc1. The number of aromatic nitrogens is 3. The molecule has 0 aliphatic carbocycles. The number of benzene rings is 1. The minimum atomic E-state index is -0.387. The number of nitrogens with one attached hydrogen (secondary N) is 2. The van der Waals surface area contributed by atoms with Crippen LogP contribution in [-0.4, -0.2) is 39.7 Å². The number of hydrogen-bond donors (Lipinski definition) is 2. The Morgan fingerprint density at radius 1 is 1.14 bits per heavy atom. The Morgan fingerprint density at radius 3 is 2.51 bits per heavy atom. The van der Waals surface area contributed by atoms with Crippen LogP contribution < -0.4 is 15.4 Å². The van der Waals surface area contributed by atoms with E-state index in [4.69, 9.17) is 14.1 Å². The molecule has 0 aliphatic heterocycles. The Bertz CT molecular complexity index is 1370. The summed E-state index contributed by atoms with van der Waals surface area (Å²) in [6.07, 6.45) is 1.63. The molecule has 0 fully saturated rings. The number of amides is 2. The number of anilines is 1. The van der Waals surface area contributed by atoms with Crippen molar-refractivity contribution in [3.63, 3.8) is 0 Å². The molecule has 35 heavy (non-hydrogen) atoms. The lowest BCUT2D eigenvalue weighted by atomic mass is 10.1. The summed E-state index contributed by atoms with van der Waals surface area (Å²) in [5, 5.41) is 10.5. The van der Waals surface area contributed by atoms with Crippen molar-refractivity contribution in [1.82, 2.24) is 20.1 Å². The van der Waals surface area contributed by atoms with Crippen LogP contribution in [0, 0.1) is 13.8 Å². The average molecular weight is 476 g/mol. The Labute approximate surface area is 203 Å². The number of pyridine rings is 1. The van der Waals surface area contributed by atoms with E-state index in [9.17, 15) is 9.59 Å². The van der Waals surface area contributed by atoms with Crippen LogP contribution in [0.2, 0.25) is 0 Å². The number of nitrogens with zero attached hydrogens (tertiary/aromatic N) is 3. The summed E-state index contributed by atoms with van der Waals surface area (Å²) < 4.78 is 12.9. The molecule has 0 saturated heterocycles. The molecular weight excluding hydrogens is 446 g/mol. The third-order valence-corrected chi connectivity index (χ3v) is 5.48. The molecule has 182 valence electrons. The number of hydrogen-bond acceptors (Lipinski definition) is 6. The molecule has 4 rings (SSSR count). The lowest BCUT2D eigenvalue weighted by molar-refractivity contribution is -0.115. The molecule has 2 amide bonds. The highest BCUT2D eigenvalue weighted by Gasteiger charge is 2.20. The summed E-state index contributed by atoms with van der Waals surface area (Å²) in [6, 6.07) is 10.7. The lowest BCUT2D eigenvalue weighted by Gasteiger charge is -2.11. The average Bonchev–Trinajstić information content (AvgIpc) is 3.40. The van der Waals surface area contributed by atoms with Crippen molar-refractivity contribution in [3.05, 3.63) is 59.7 Å². The van der Waals surface area contributed by atoms with Crippen molar-refractivity contribution in [2.24, 2.45) is 0 Å². The highest BCUT2D eigenvalue weighted by molar-refractivity contribution is 6.08. The van der Waals surface area contributed by atoms with E-state index in [-0.39, 0.29) is 24.4 Å². The third-order valence-electron chi connectivity index (χ3n) is 5.48. The fourth-order valence-corrected chi connectivity index (χ4v) is 3.87. The van der Waals surface area contributed by atoms with Crippen LogP contribution in [0.25, 0.3) is 22.3 Å². The smallest absolute Gasteiger partial charge is 0.252 e. The van der Waals surface area contributed by atoms with Crippen molar-refractivity contribution in [2.45, 2.75) is 40.7 Å². The quantitative estimate of drug-likeness (QED) is 0.384. The predicted molar refractivity (Wildman–Crippen MR) is 134 cm³/mol. The molecule has 9 heteroatoms. The van der Waals surface area contributed by atoms with Crippen LogP contribution >= 0.6 is 0 Å². The van der Waals surface area contributed by atoms with Crippen LogP contribution in [0.3, 0.4) is 0 Å². The molecule has 0 aliphatic rings. The molecular formula is C26H29N5O4. The van der Waals surface area contributed by atoms with Crippen LogP contribution in [-0.2, 0) is 4.79 Å². The maximum absolute atomic E-state index is 13.2. The van der Waals surface area contributed by atoms with E-state index in [0.717, 1.165) is 17.1 Å². The van der Waals surface area contributed by atoms with Gasteiger partial charge in [-0.1, -0.05) is 0 Å². The zero-order valence-corrected chi connectivity index (χ0v) is 20.5. The molecule has 3 heterocycles. The summed E-state index contributed by atoms with van der Waals surface area (Å²) in [5.41, 5.74) is 3.02. The molecule has 0 radical (unpaired) electrons. The largest absolute Gasteiger partial charge is 0.494 e. The van der Waals surface area contributed by atoms with Gasteiger partial charge in [0.15, 0.2) is 5.65 Å². The Hall–Kier alpha value is -4.14. The molecule has 4 aromatic rings. The van der Waals surface area contributed by atoms with Gasteiger partial charge in [-0.2, -0.15) is 5.10 Å². The van der Waals surface area contributed by atoms with Gasteiger partial charge in [-0.3, -0.25) is 9.59 Å². The van der Waals surface area contributed by atoms with Gasteiger partial charge in [0.2, 0.25) is 5.91 Å². The summed E-state index contributed by atoms with van der Waals surface area (Å²) in [5.74, 6) is 1.47. The van der Waals surface area contributed by atoms with Gasteiger partial charge < -0.3 is 19.8 Å². The molecule has 3 aromatic heterocycles. The van der Waals surface area contributed by atoms with Gasteiger partial charge in [0.05, 0.1) is 36.0 Å². The molecule has 0 bridgehead atoms. The van der Waals surface area contributed by atoms with Gasteiger partial charge in [0, 0.05) is 17.3 Å². The second-order valence-electron chi connectivity index (χ2n) is 8.49. The van der Waals surface area contributed by atoms with E-state index in [1.807, 2.05) is 40.7 Å². The molecule has 2 N–H and O–H groups in total. The third kappa shape index (κ3) is 5.18. The highest BCUT2D eigenvalue weighted by Crippen LogP contribution is 2.30. The van der Waals surface area contributed by atoms with E-state index in [0.29, 0.717) is 40.3 Å². The van der Waals surface area contributed by atoms with Gasteiger partial charge in [0.25, 0.3) is 5.91 Å². The Balaban J connectivity index is 1.56. The monoisotopic (exact) mass is 475 g/mol. The normalized spacial score (nSPS) is 11.1. The first-order valence-electron chi connectivity index (χ1n) is 11.5. The van der Waals surface area contributed by atoms with Gasteiger partial charge in [0.1, 0.15) is 17.3 Å². The van der Waals surface area contributed by atoms with Gasteiger partial charge in [-0.05, 0) is 71.0 Å². The van der Waals surface area contributed by atoms with E-state index < -0.39 is 0 Å². The molecule has 0 spiro atoms. The maximum atomic E-state index is 13.2. The standard InChI is InChI=1S/C26H29N5O4/c1-6-34-19-9-7-18(8-10-19)29-24(32)14-27-26(33)21-12-23(20-11-16(4)35-17(20)5)30-25-22(21)13-28-31(25)15(2)3/h7-13,15H,6,14H2,1-5H3,(H,27,33)(H,29,32). The van der Waals surface area contributed by atoms with Gasteiger partial charge in [-0.25, -0.2) is 9.67 Å². The maximum Gasteiger partial charge on any atom is 0.252 e. The minimum Gasteiger partial charge on any atom is -0.494 e. The summed E-state index contributed by atoms with van der Waals surface area (Å²) >= 11 is 0. The first-order chi connectivity index (χ1) is 16.8. The van der Waals surface area contributed by atoms with E-state index in [2.05, 4.69) is 15.7 Å². The second kappa shape index (κ2) is 10.0. The number of fused-ring (bicyclic) bond motifs is 1. The first kappa shape index (κ1) is 24.0. The second-order valence-corrected chi connectivity index (χ2v) is 8.49. The predicted octanol–water partition coefficient (Wildman–Crippen LogP) is 4.66. The van der Waals surface area contributed by atoms with E-state index in [1.54, 1.807) is 41.2 Å². The molecule has 0 saturated carbocycles. The summed E-state index contributed by atoms with van der Waals surface area (Å²) in [4.78, 5) is 30.4. The minimum absolute atomic E-state index is 0.0539. The van der Waals surface area contributed by atoms with Crippen LogP contribution in [0.4, 0.5) is 5.69 Å². The van der Waals surface area contributed by atoms with Crippen LogP contribution in [0.1, 0.15) is 48.7 Å². The van der Waals surface area contributed by atoms with Gasteiger partial charge in [-0.15, -0.1) is 0 Å². The van der Waals surface area contributed by atoms with E-state index in [1.165, 1.54) is 0 Å². The summed E-state index contributed by atoms with van der Waals surface area (Å²) in [7, 11) is 0. The fraction of sp³-hybridized carbons (Fsp3) is 0.308. The topological polar surface area (TPSA) is 111 Å². The van der Waals surface area contributed by atoms with Crippen molar-refractivity contribution in [2.75, 3.05) is 18.5 Å². The molecule has 9 nitrogen and oxygen atoms in total. The summed E-state index contributed by atoms with van der Waals surface area (Å²) in [6.45, 7) is 10.0. The van der Waals surface area contributed by atoms with Crippen molar-refractivity contribution < 1.29 is 18.7 Å². The first-order valence-corrected chi connectivity index (χ1v) is 11.5. The molecule has 0 unspecified atom stereocenters. The molecule has 0 atom stereocenters. The van der Waals surface area contributed by atoms with Crippen molar-refractivity contribution in [1.29, 1.82) is 0 Å². The highest BCUT2D eigenvalue weighted by atomic mass is 16.5. The van der Waals surface area contributed by atoms with E-state index >= 15 is 0 Å². The zero-order chi connectivity index (χ0) is 25.1. The number of ether oxygens (including phenoxy) is 1. The van der Waals surface area contributed by atoms with Crippen LogP contribution in [0.5, 0.6) is 5.75 Å². The number of rotatable bonds is 8. The van der Waals surface area contributed by atoms with Crippen LogP contribution in [0.15, 0.2) is 47.0 Å². The van der Waals surface area contributed by atoms with Crippen molar-refractivity contribution >= 4 is 28.5 Å². The lowest BCUT2D eigenvalue weighted by Crippen LogP contribution is -2.33. The number of furan rings is 1. The number of carbonyl (C=O) groups excluding carboxylic acids is 2. The van der Waals surface area contributed by atoms with Gasteiger partial charge >= 0.3 is 0 Å². The zero-order valence-electron chi connectivity index (χ0n) is 20.5. The molecule has 1 aromatic carbocycles.